The number of piperidine rings is 1. The van der Waals surface area contributed by atoms with E-state index in [1.54, 1.807) is 6.20 Å². The number of nitrogens with two attached hydrogens (primary N) is 1. The number of hydrogen-bond donors (Lipinski definition) is 3. The number of amides is 1. The van der Waals surface area contributed by atoms with Crippen molar-refractivity contribution in [3.8, 4) is 0 Å². The van der Waals surface area contributed by atoms with E-state index in [4.69, 9.17) is 5.73 Å². The third-order valence-corrected chi connectivity index (χ3v) is 7.72. The second-order valence-corrected chi connectivity index (χ2v) is 11.2. The van der Waals surface area contributed by atoms with Gasteiger partial charge in [0.1, 0.15) is 0 Å². The van der Waals surface area contributed by atoms with Crippen LogP contribution in [0, 0.1) is 5.41 Å². The van der Waals surface area contributed by atoms with Crippen LogP contribution in [0.2, 0.25) is 0 Å². The van der Waals surface area contributed by atoms with E-state index >= 15 is 0 Å². The maximum Gasteiger partial charge on any atom is 0.264 e. The molecule has 2 aliphatic heterocycles. The Bertz CT molecular complexity index is 1040. The Morgan fingerprint density at radius 2 is 1.91 bits per heavy atom. The molecule has 1 saturated heterocycles. The number of carbonyl (C=O) groups excluding carboxylic acids is 2. The Hall–Kier alpha value is -2.45. The van der Waals surface area contributed by atoms with E-state index in [1.807, 2.05) is 44.0 Å². The number of aromatic amines is 1. The molecule has 4 unspecified atom stereocenters. The zero-order valence-corrected chi connectivity index (χ0v) is 20.3. The molecule has 32 heavy (non-hydrogen) atoms. The minimum absolute atomic E-state index is 0.100. The van der Waals surface area contributed by atoms with E-state index in [1.165, 1.54) is 17.8 Å². The van der Waals surface area contributed by atoms with Crippen LogP contribution in [0.3, 0.4) is 0 Å². The summed E-state index contributed by atoms with van der Waals surface area (Å²) in [5, 5.41) is 3.43. The van der Waals surface area contributed by atoms with Gasteiger partial charge in [-0.1, -0.05) is 20.8 Å². The summed E-state index contributed by atoms with van der Waals surface area (Å²) < 4.78 is 0. The number of nitrogens with one attached hydrogen (secondary N) is 2. The molecular weight excluding hydrogens is 422 g/mol. The smallest absolute Gasteiger partial charge is 0.264 e. The van der Waals surface area contributed by atoms with Crippen LogP contribution in [0.25, 0.3) is 0 Å². The van der Waals surface area contributed by atoms with Gasteiger partial charge in [-0.15, -0.1) is 11.3 Å². The van der Waals surface area contributed by atoms with E-state index in [9.17, 15) is 9.59 Å². The first-order valence-electron chi connectivity index (χ1n) is 11.3. The molecule has 0 bridgehead atoms. The first-order valence-corrected chi connectivity index (χ1v) is 12.1. The van der Waals surface area contributed by atoms with Gasteiger partial charge in [-0.2, -0.15) is 0 Å². The van der Waals surface area contributed by atoms with Gasteiger partial charge in [-0.3, -0.25) is 9.59 Å². The Labute approximate surface area is 193 Å². The fourth-order valence-corrected chi connectivity index (χ4v) is 5.45. The van der Waals surface area contributed by atoms with Crippen LogP contribution in [0.1, 0.15) is 84.8 Å². The molecule has 0 aliphatic carbocycles. The molecule has 0 saturated carbocycles. The normalized spacial score (nSPS) is 24.1. The lowest BCUT2D eigenvalue weighted by molar-refractivity contribution is 0.0515. The summed E-state index contributed by atoms with van der Waals surface area (Å²) >= 11 is 1.48. The van der Waals surface area contributed by atoms with Gasteiger partial charge >= 0.3 is 0 Å². The summed E-state index contributed by atoms with van der Waals surface area (Å²) in [4.78, 5) is 37.6. The lowest BCUT2D eigenvalue weighted by Crippen LogP contribution is -2.47. The van der Waals surface area contributed by atoms with Crippen molar-refractivity contribution in [3.63, 3.8) is 0 Å². The van der Waals surface area contributed by atoms with Gasteiger partial charge in [0.15, 0.2) is 11.6 Å². The van der Waals surface area contributed by atoms with Crippen molar-refractivity contribution in [2.45, 2.75) is 78.0 Å². The summed E-state index contributed by atoms with van der Waals surface area (Å²) in [6, 6.07) is 3.57. The van der Waals surface area contributed by atoms with Crippen molar-refractivity contribution in [1.82, 2.24) is 9.88 Å². The second-order valence-electron chi connectivity index (χ2n) is 10.1. The van der Waals surface area contributed by atoms with Crippen molar-refractivity contribution < 1.29 is 9.59 Å². The minimum Gasteiger partial charge on any atom is -0.369 e. The molecule has 8 heteroatoms. The Balaban J connectivity index is 1.54. The fraction of sp³-hybridized carbons (Fsp3) is 0.542. The number of carbonyl (C=O) groups is 2. The second kappa shape index (κ2) is 8.48. The maximum atomic E-state index is 13.2. The molecule has 2 aliphatic rings. The highest BCUT2D eigenvalue weighted by atomic mass is 32.1. The summed E-state index contributed by atoms with van der Waals surface area (Å²) in [6.45, 7) is 10.1. The van der Waals surface area contributed by atoms with Crippen molar-refractivity contribution in [2.24, 2.45) is 16.1 Å². The highest BCUT2D eigenvalue weighted by Gasteiger charge is 2.33. The first kappa shape index (κ1) is 22.7. The van der Waals surface area contributed by atoms with Crippen LogP contribution in [-0.2, 0) is 0 Å². The van der Waals surface area contributed by atoms with E-state index in [2.05, 4.69) is 29.1 Å². The average molecular weight is 456 g/mol. The molecule has 4 heterocycles. The number of Topliss-reactive ketones (excluding diaryl/α,β-unsaturated/α-hetero) is 1. The Morgan fingerprint density at radius 1 is 1.22 bits per heavy atom. The number of likely N-dealkylation sites (tertiary alicyclic amines) is 1. The third-order valence-electron chi connectivity index (χ3n) is 6.56. The average Bonchev–Trinajstić information content (AvgIpc) is 3.38. The molecule has 4 N–H and O–H groups in total. The fourth-order valence-electron chi connectivity index (χ4n) is 4.49. The minimum atomic E-state index is -0.618. The number of nitrogens with zero attached hydrogens (tertiary/aromatic N) is 2. The number of aromatic nitrogens is 1. The van der Waals surface area contributed by atoms with Crippen molar-refractivity contribution in [2.75, 3.05) is 5.32 Å². The zero-order valence-electron chi connectivity index (χ0n) is 19.4. The van der Waals surface area contributed by atoms with E-state index in [0.29, 0.717) is 17.1 Å². The van der Waals surface area contributed by atoms with Gasteiger partial charge in [0.25, 0.3) is 5.91 Å². The molecule has 7 nitrogen and oxygen atoms in total. The molecule has 1 fully saturated rings. The van der Waals surface area contributed by atoms with Crippen LogP contribution in [-0.4, -0.2) is 45.9 Å². The van der Waals surface area contributed by atoms with Gasteiger partial charge in [0.2, 0.25) is 0 Å². The number of fused-ring (bicyclic) bond motifs is 1. The summed E-state index contributed by atoms with van der Waals surface area (Å²) in [5.41, 5.74) is 7.07. The number of H-pyrrole nitrogens is 1. The summed E-state index contributed by atoms with van der Waals surface area (Å²) in [6.07, 6.45) is 6.75. The van der Waals surface area contributed by atoms with E-state index in [0.717, 1.165) is 22.6 Å². The molecule has 0 radical (unpaired) electrons. The molecule has 0 aromatic carbocycles. The summed E-state index contributed by atoms with van der Waals surface area (Å²) in [7, 11) is 0. The number of aliphatic imine (C=N–C) groups is 1. The molecule has 4 rings (SSSR count). The zero-order chi connectivity index (χ0) is 23.2. The molecule has 4 atom stereocenters. The quantitative estimate of drug-likeness (QED) is 0.570. The van der Waals surface area contributed by atoms with Crippen LogP contribution < -0.4 is 11.1 Å². The number of ketones is 1. The van der Waals surface area contributed by atoms with Crippen LogP contribution >= 0.6 is 11.3 Å². The van der Waals surface area contributed by atoms with Gasteiger partial charge < -0.3 is 20.9 Å². The van der Waals surface area contributed by atoms with E-state index in [-0.39, 0.29) is 35.2 Å². The first-order chi connectivity index (χ1) is 15.1. The molecule has 0 spiro atoms. The topological polar surface area (TPSA) is 104 Å². The van der Waals surface area contributed by atoms with Crippen molar-refractivity contribution in [1.29, 1.82) is 0 Å². The SMILES string of the molecule is CC1CCCC(C)N1C(=O)c1ccc(C2C=Nc3[nH]cc(C(=O)C(N)C(C)(C)C)c3N2)s1. The van der Waals surface area contributed by atoms with Gasteiger partial charge in [-0.05, 0) is 50.7 Å². The highest BCUT2D eigenvalue weighted by molar-refractivity contribution is 7.14. The number of anilines is 1. The van der Waals surface area contributed by atoms with E-state index < -0.39 is 6.04 Å². The molecule has 2 aromatic heterocycles. The molecule has 2 aromatic rings. The standard InChI is InChI=1S/C24H33N5O2S/c1-13-7-6-8-14(2)29(13)23(31)18-10-9-17(32-18)16-12-27-22-19(28-16)15(11-26-22)20(30)21(25)24(3,4)5/h9-14,16,21,26,28H,6-8,25H2,1-5H3. The van der Waals surface area contributed by atoms with Crippen molar-refractivity contribution in [3.05, 3.63) is 33.6 Å². The maximum absolute atomic E-state index is 13.2. The summed E-state index contributed by atoms with van der Waals surface area (Å²) in [5.74, 6) is 0.603. The largest absolute Gasteiger partial charge is 0.369 e. The van der Waals surface area contributed by atoms with Crippen LogP contribution in [0.4, 0.5) is 11.5 Å². The molecule has 172 valence electrons. The van der Waals surface area contributed by atoms with Gasteiger partial charge in [0.05, 0.1) is 28.2 Å². The predicted octanol–water partition coefficient (Wildman–Crippen LogP) is 4.90. The van der Waals surface area contributed by atoms with Crippen LogP contribution in [0.15, 0.2) is 23.3 Å². The molecule has 1 amide bonds. The van der Waals surface area contributed by atoms with Crippen molar-refractivity contribution >= 4 is 40.7 Å². The number of hydrogen-bond acceptors (Lipinski definition) is 6. The lowest BCUT2D eigenvalue weighted by atomic mass is 9.83. The number of thiophene rings is 1. The van der Waals surface area contributed by atoms with Crippen LogP contribution in [0.5, 0.6) is 0 Å². The third kappa shape index (κ3) is 4.13. The lowest BCUT2D eigenvalue weighted by Gasteiger charge is -2.38. The number of rotatable bonds is 4. The monoisotopic (exact) mass is 455 g/mol. The van der Waals surface area contributed by atoms with Gasteiger partial charge in [0, 0.05) is 29.4 Å². The van der Waals surface area contributed by atoms with Gasteiger partial charge in [-0.25, -0.2) is 4.99 Å². The highest BCUT2D eigenvalue weighted by Crippen LogP contribution is 2.38. The Morgan fingerprint density at radius 3 is 2.56 bits per heavy atom. The Kier molecular flexibility index (Phi) is 6.02. The molecular formula is C24H33N5O2S. The predicted molar refractivity (Wildman–Crippen MR) is 130 cm³/mol.